The van der Waals surface area contributed by atoms with E-state index in [-0.39, 0.29) is 0 Å². The van der Waals surface area contributed by atoms with Crippen molar-refractivity contribution < 1.29 is 0 Å². The molecule has 1 atom stereocenters. The normalized spacial score (nSPS) is 17.4. The van der Waals surface area contributed by atoms with Crippen LogP contribution in [-0.4, -0.2) is 25.0 Å². The number of benzene rings is 2. The summed E-state index contributed by atoms with van der Waals surface area (Å²) in [7, 11) is 2.21. The first-order valence-electron chi connectivity index (χ1n) is 7.67. The maximum absolute atomic E-state index is 6.04. The van der Waals surface area contributed by atoms with E-state index < -0.39 is 0 Å². The summed E-state index contributed by atoms with van der Waals surface area (Å²) in [5.74, 6) is 0.884. The predicted molar refractivity (Wildman–Crippen MR) is 85.7 cm³/mol. The lowest BCUT2D eigenvalue weighted by atomic mass is 9.84. The van der Waals surface area contributed by atoms with E-state index in [0.29, 0.717) is 12.6 Å². The van der Waals surface area contributed by atoms with Crippen molar-refractivity contribution >= 4 is 10.8 Å². The summed E-state index contributed by atoms with van der Waals surface area (Å²) in [6.45, 7) is 1.86. The van der Waals surface area contributed by atoms with Crippen LogP contribution in [0.5, 0.6) is 0 Å². The first kappa shape index (κ1) is 13.6. The minimum atomic E-state index is 0.334. The van der Waals surface area contributed by atoms with Gasteiger partial charge in [-0.05, 0) is 48.2 Å². The SMILES string of the molecule is CN(CC1CCC1)C(CN)c1ccc2ccccc2c1. The number of hydrogen-bond donors (Lipinski definition) is 1. The third-order valence-corrected chi connectivity index (χ3v) is 4.68. The molecule has 1 fully saturated rings. The Hall–Kier alpha value is -1.38. The Bertz CT molecular complexity index is 574. The van der Waals surface area contributed by atoms with Crippen LogP contribution < -0.4 is 5.73 Å². The number of nitrogens with two attached hydrogens (primary N) is 1. The molecule has 2 N–H and O–H groups in total. The molecule has 1 saturated carbocycles. The molecular weight excluding hydrogens is 244 g/mol. The Morgan fingerprint density at radius 2 is 1.90 bits per heavy atom. The molecule has 0 heterocycles. The highest BCUT2D eigenvalue weighted by Crippen LogP contribution is 2.30. The van der Waals surface area contributed by atoms with Crippen LogP contribution in [0.1, 0.15) is 30.9 Å². The van der Waals surface area contributed by atoms with Gasteiger partial charge in [-0.3, -0.25) is 4.90 Å². The van der Waals surface area contributed by atoms with E-state index in [2.05, 4.69) is 54.4 Å². The molecular formula is C18H24N2. The molecule has 2 nitrogen and oxygen atoms in total. The number of fused-ring (bicyclic) bond motifs is 1. The number of rotatable bonds is 5. The van der Waals surface area contributed by atoms with Crippen LogP contribution in [0.3, 0.4) is 0 Å². The fourth-order valence-corrected chi connectivity index (χ4v) is 3.20. The van der Waals surface area contributed by atoms with Gasteiger partial charge < -0.3 is 5.73 Å². The third-order valence-electron chi connectivity index (χ3n) is 4.68. The van der Waals surface area contributed by atoms with Crippen LogP contribution in [0.15, 0.2) is 42.5 Å². The molecule has 0 spiro atoms. The zero-order valence-corrected chi connectivity index (χ0v) is 12.3. The van der Waals surface area contributed by atoms with E-state index in [1.807, 2.05) is 0 Å². The average molecular weight is 268 g/mol. The third kappa shape index (κ3) is 2.72. The minimum Gasteiger partial charge on any atom is -0.329 e. The van der Waals surface area contributed by atoms with Gasteiger partial charge in [-0.1, -0.05) is 42.8 Å². The minimum absolute atomic E-state index is 0.334. The Balaban J connectivity index is 1.82. The lowest BCUT2D eigenvalue weighted by Gasteiger charge is -2.34. The fraction of sp³-hybridized carbons (Fsp3) is 0.444. The van der Waals surface area contributed by atoms with Crippen molar-refractivity contribution in [1.82, 2.24) is 4.90 Å². The van der Waals surface area contributed by atoms with Gasteiger partial charge in [0.1, 0.15) is 0 Å². The number of likely N-dealkylation sites (N-methyl/N-ethyl adjacent to an activating group) is 1. The highest BCUT2D eigenvalue weighted by molar-refractivity contribution is 5.83. The molecule has 0 aromatic heterocycles. The summed E-state index contributed by atoms with van der Waals surface area (Å²) in [5.41, 5.74) is 7.38. The maximum Gasteiger partial charge on any atom is 0.0467 e. The molecule has 2 aromatic carbocycles. The Morgan fingerprint density at radius 3 is 2.55 bits per heavy atom. The van der Waals surface area contributed by atoms with Crippen LogP contribution in [0, 0.1) is 5.92 Å². The van der Waals surface area contributed by atoms with Gasteiger partial charge in [0, 0.05) is 19.1 Å². The van der Waals surface area contributed by atoms with Crippen molar-refractivity contribution in [2.45, 2.75) is 25.3 Å². The molecule has 20 heavy (non-hydrogen) atoms. The topological polar surface area (TPSA) is 29.3 Å². The summed E-state index contributed by atoms with van der Waals surface area (Å²) in [6, 6.07) is 15.6. The molecule has 3 rings (SSSR count). The van der Waals surface area contributed by atoms with E-state index in [1.54, 1.807) is 0 Å². The van der Waals surface area contributed by atoms with E-state index in [9.17, 15) is 0 Å². The Labute approximate surface area is 121 Å². The average Bonchev–Trinajstić information content (AvgIpc) is 2.43. The molecule has 0 bridgehead atoms. The van der Waals surface area contributed by atoms with Gasteiger partial charge in [0.05, 0.1) is 0 Å². The van der Waals surface area contributed by atoms with Crippen molar-refractivity contribution in [3.8, 4) is 0 Å². The quantitative estimate of drug-likeness (QED) is 0.898. The molecule has 2 heteroatoms. The molecule has 0 amide bonds. The lowest BCUT2D eigenvalue weighted by molar-refractivity contribution is 0.165. The van der Waals surface area contributed by atoms with Crippen LogP contribution in [-0.2, 0) is 0 Å². The Kier molecular flexibility index (Phi) is 4.04. The lowest BCUT2D eigenvalue weighted by Crippen LogP contribution is -2.36. The van der Waals surface area contributed by atoms with Gasteiger partial charge in [0.2, 0.25) is 0 Å². The van der Waals surface area contributed by atoms with Gasteiger partial charge in [0.15, 0.2) is 0 Å². The Morgan fingerprint density at radius 1 is 1.15 bits per heavy atom. The van der Waals surface area contributed by atoms with Crippen molar-refractivity contribution in [1.29, 1.82) is 0 Å². The molecule has 106 valence electrons. The fourth-order valence-electron chi connectivity index (χ4n) is 3.20. The molecule has 1 aliphatic rings. The molecule has 0 aliphatic heterocycles. The van der Waals surface area contributed by atoms with Gasteiger partial charge in [0.25, 0.3) is 0 Å². The second-order valence-electron chi connectivity index (χ2n) is 6.09. The van der Waals surface area contributed by atoms with Gasteiger partial charge >= 0.3 is 0 Å². The van der Waals surface area contributed by atoms with Crippen molar-refractivity contribution in [3.05, 3.63) is 48.0 Å². The molecule has 2 aromatic rings. The van der Waals surface area contributed by atoms with Crippen molar-refractivity contribution in [2.75, 3.05) is 20.1 Å². The van der Waals surface area contributed by atoms with E-state index in [4.69, 9.17) is 5.73 Å². The first-order chi connectivity index (χ1) is 9.78. The second kappa shape index (κ2) is 5.94. The zero-order chi connectivity index (χ0) is 13.9. The van der Waals surface area contributed by atoms with E-state index >= 15 is 0 Å². The summed E-state index contributed by atoms with van der Waals surface area (Å²) < 4.78 is 0. The van der Waals surface area contributed by atoms with Crippen LogP contribution >= 0.6 is 0 Å². The highest BCUT2D eigenvalue weighted by Gasteiger charge is 2.23. The van der Waals surface area contributed by atoms with Gasteiger partial charge in [-0.25, -0.2) is 0 Å². The van der Waals surface area contributed by atoms with Gasteiger partial charge in [-0.15, -0.1) is 0 Å². The van der Waals surface area contributed by atoms with Crippen LogP contribution in [0.2, 0.25) is 0 Å². The van der Waals surface area contributed by atoms with Crippen LogP contribution in [0.25, 0.3) is 10.8 Å². The molecule has 1 aliphatic carbocycles. The largest absolute Gasteiger partial charge is 0.329 e. The highest BCUT2D eigenvalue weighted by atomic mass is 15.1. The summed E-state index contributed by atoms with van der Waals surface area (Å²) in [4.78, 5) is 2.44. The van der Waals surface area contributed by atoms with Gasteiger partial charge in [-0.2, -0.15) is 0 Å². The zero-order valence-electron chi connectivity index (χ0n) is 12.3. The molecule has 0 saturated heterocycles. The van der Waals surface area contributed by atoms with Crippen molar-refractivity contribution in [2.24, 2.45) is 11.7 Å². The second-order valence-corrected chi connectivity index (χ2v) is 6.09. The predicted octanol–water partition coefficient (Wildman–Crippen LogP) is 3.57. The van der Waals surface area contributed by atoms with Crippen LogP contribution in [0.4, 0.5) is 0 Å². The summed E-state index contributed by atoms with van der Waals surface area (Å²) in [6.07, 6.45) is 4.18. The summed E-state index contributed by atoms with van der Waals surface area (Å²) in [5, 5.41) is 2.61. The smallest absolute Gasteiger partial charge is 0.0467 e. The summed E-state index contributed by atoms with van der Waals surface area (Å²) >= 11 is 0. The molecule has 1 unspecified atom stereocenters. The van der Waals surface area contributed by atoms with Crippen molar-refractivity contribution in [3.63, 3.8) is 0 Å². The maximum atomic E-state index is 6.04. The van der Waals surface area contributed by atoms with E-state index in [1.165, 1.54) is 42.1 Å². The first-order valence-corrected chi connectivity index (χ1v) is 7.67. The monoisotopic (exact) mass is 268 g/mol. The standard InChI is InChI=1S/C18H24N2/c1-20(13-14-5-4-6-14)18(12-19)17-10-9-15-7-2-3-8-16(15)11-17/h2-3,7-11,14,18H,4-6,12-13,19H2,1H3. The molecule has 0 radical (unpaired) electrons. The number of hydrogen-bond acceptors (Lipinski definition) is 2. The number of nitrogens with zero attached hydrogens (tertiary/aromatic N) is 1. The van der Waals surface area contributed by atoms with E-state index in [0.717, 1.165) is 5.92 Å².